The number of rotatable bonds is 7. The average Bonchev–Trinajstić information content (AvgIpc) is 2.60. The van der Waals surface area contributed by atoms with Gasteiger partial charge in [0.25, 0.3) is 0 Å². The zero-order chi connectivity index (χ0) is 17.4. The van der Waals surface area contributed by atoms with E-state index in [1.807, 2.05) is 47.9 Å². The SMILES string of the molecule is CCCC(=O)N1CCN(C(=O)CCCOc2ccccc2C)CC1. The van der Waals surface area contributed by atoms with Crippen LogP contribution in [0.2, 0.25) is 0 Å². The van der Waals surface area contributed by atoms with Gasteiger partial charge in [0.2, 0.25) is 11.8 Å². The second-order valence-electron chi connectivity index (χ2n) is 6.23. The van der Waals surface area contributed by atoms with Crippen molar-refractivity contribution >= 4 is 11.8 Å². The first kappa shape index (κ1) is 18.3. The third kappa shape index (κ3) is 5.25. The largest absolute Gasteiger partial charge is 0.493 e. The van der Waals surface area contributed by atoms with E-state index in [1.54, 1.807) is 0 Å². The van der Waals surface area contributed by atoms with E-state index in [0.29, 0.717) is 52.0 Å². The van der Waals surface area contributed by atoms with Crippen molar-refractivity contribution in [2.45, 2.75) is 39.5 Å². The van der Waals surface area contributed by atoms with E-state index in [2.05, 4.69) is 0 Å². The predicted molar refractivity (Wildman–Crippen MR) is 94.0 cm³/mol. The smallest absolute Gasteiger partial charge is 0.222 e. The van der Waals surface area contributed by atoms with E-state index in [0.717, 1.165) is 17.7 Å². The van der Waals surface area contributed by atoms with Gasteiger partial charge in [0.05, 0.1) is 6.61 Å². The fourth-order valence-electron chi connectivity index (χ4n) is 2.86. The molecule has 5 nitrogen and oxygen atoms in total. The maximum atomic E-state index is 12.2. The highest BCUT2D eigenvalue weighted by Gasteiger charge is 2.23. The molecule has 0 aromatic heterocycles. The molecular weight excluding hydrogens is 304 g/mol. The molecule has 1 aliphatic heterocycles. The average molecular weight is 332 g/mol. The van der Waals surface area contributed by atoms with Gasteiger partial charge in [0.15, 0.2) is 0 Å². The van der Waals surface area contributed by atoms with Gasteiger partial charge < -0.3 is 14.5 Å². The van der Waals surface area contributed by atoms with Crippen LogP contribution in [0, 0.1) is 6.92 Å². The molecule has 0 aliphatic carbocycles. The summed E-state index contributed by atoms with van der Waals surface area (Å²) in [6.07, 6.45) is 2.68. The normalized spacial score (nSPS) is 14.6. The lowest BCUT2D eigenvalue weighted by Gasteiger charge is -2.35. The van der Waals surface area contributed by atoms with Crippen LogP contribution in [0.3, 0.4) is 0 Å². The lowest BCUT2D eigenvalue weighted by atomic mass is 10.2. The molecule has 2 rings (SSSR count). The molecular formula is C19H28N2O3. The monoisotopic (exact) mass is 332 g/mol. The topological polar surface area (TPSA) is 49.9 Å². The molecule has 2 amide bonds. The number of hydrogen-bond donors (Lipinski definition) is 0. The van der Waals surface area contributed by atoms with Crippen LogP contribution in [0.15, 0.2) is 24.3 Å². The van der Waals surface area contributed by atoms with Crippen LogP contribution < -0.4 is 4.74 Å². The van der Waals surface area contributed by atoms with Gasteiger partial charge in [-0.25, -0.2) is 0 Å². The Labute approximate surface area is 144 Å². The fourth-order valence-corrected chi connectivity index (χ4v) is 2.86. The van der Waals surface area contributed by atoms with Crippen molar-refractivity contribution in [2.75, 3.05) is 32.8 Å². The molecule has 0 N–H and O–H groups in total. The third-order valence-corrected chi connectivity index (χ3v) is 4.34. The summed E-state index contributed by atoms with van der Waals surface area (Å²) in [4.78, 5) is 27.8. The van der Waals surface area contributed by atoms with Gasteiger partial charge in [-0.3, -0.25) is 9.59 Å². The molecule has 0 radical (unpaired) electrons. The van der Waals surface area contributed by atoms with E-state index in [4.69, 9.17) is 4.74 Å². The van der Waals surface area contributed by atoms with Crippen LogP contribution in [0.1, 0.15) is 38.2 Å². The summed E-state index contributed by atoms with van der Waals surface area (Å²) < 4.78 is 5.73. The Kier molecular flexibility index (Phi) is 7.09. The number of para-hydroxylation sites is 1. The summed E-state index contributed by atoms with van der Waals surface area (Å²) in [5.41, 5.74) is 1.11. The molecule has 0 atom stereocenters. The van der Waals surface area contributed by atoms with Crippen molar-refractivity contribution < 1.29 is 14.3 Å². The molecule has 24 heavy (non-hydrogen) atoms. The molecule has 132 valence electrons. The van der Waals surface area contributed by atoms with Gasteiger partial charge in [-0.15, -0.1) is 0 Å². The molecule has 1 aromatic rings. The second kappa shape index (κ2) is 9.30. The molecule has 0 spiro atoms. The summed E-state index contributed by atoms with van der Waals surface area (Å²) in [7, 11) is 0. The molecule has 0 unspecified atom stereocenters. The highest BCUT2D eigenvalue weighted by Crippen LogP contribution is 2.16. The maximum Gasteiger partial charge on any atom is 0.222 e. The number of amides is 2. The zero-order valence-electron chi connectivity index (χ0n) is 14.8. The first-order chi connectivity index (χ1) is 11.6. The Morgan fingerprint density at radius 2 is 1.58 bits per heavy atom. The predicted octanol–water partition coefficient (Wildman–Crippen LogP) is 2.62. The summed E-state index contributed by atoms with van der Waals surface area (Å²) in [6, 6.07) is 7.90. The number of benzene rings is 1. The minimum absolute atomic E-state index is 0.158. The Hall–Kier alpha value is -2.04. The van der Waals surface area contributed by atoms with Crippen LogP contribution in [0.5, 0.6) is 5.75 Å². The van der Waals surface area contributed by atoms with Crippen LogP contribution in [-0.2, 0) is 9.59 Å². The molecule has 1 fully saturated rings. The van der Waals surface area contributed by atoms with E-state index in [9.17, 15) is 9.59 Å². The van der Waals surface area contributed by atoms with Gasteiger partial charge in [-0.2, -0.15) is 0 Å². The third-order valence-electron chi connectivity index (χ3n) is 4.34. The Morgan fingerprint density at radius 3 is 2.17 bits per heavy atom. The van der Waals surface area contributed by atoms with Gasteiger partial charge in [0.1, 0.15) is 5.75 Å². The van der Waals surface area contributed by atoms with Crippen LogP contribution in [0.25, 0.3) is 0 Å². The Balaban J connectivity index is 1.65. The van der Waals surface area contributed by atoms with E-state index >= 15 is 0 Å². The number of ether oxygens (including phenoxy) is 1. The second-order valence-corrected chi connectivity index (χ2v) is 6.23. The van der Waals surface area contributed by atoms with Crippen molar-refractivity contribution in [3.05, 3.63) is 29.8 Å². The van der Waals surface area contributed by atoms with Crippen LogP contribution in [0.4, 0.5) is 0 Å². The number of carbonyl (C=O) groups excluding carboxylic acids is 2. The molecule has 1 aliphatic rings. The van der Waals surface area contributed by atoms with Crippen molar-refractivity contribution in [3.8, 4) is 5.75 Å². The van der Waals surface area contributed by atoms with Gasteiger partial charge in [0, 0.05) is 39.0 Å². The molecule has 5 heteroatoms. The molecule has 0 bridgehead atoms. The zero-order valence-corrected chi connectivity index (χ0v) is 14.8. The van der Waals surface area contributed by atoms with E-state index in [-0.39, 0.29) is 11.8 Å². The number of piperazine rings is 1. The first-order valence-corrected chi connectivity index (χ1v) is 8.85. The highest BCUT2D eigenvalue weighted by molar-refractivity contribution is 5.78. The van der Waals surface area contributed by atoms with Gasteiger partial charge in [-0.05, 0) is 31.4 Å². The van der Waals surface area contributed by atoms with E-state index < -0.39 is 0 Å². The highest BCUT2D eigenvalue weighted by atomic mass is 16.5. The van der Waals surface area contributed by atoms with Crippen molar-refractivity contribution in [2.24, 2.45) is 0 Å². The maximum absolute atomic E-state index is 12.2. The lowest BCUT2D eigenvalue weighted by molar-refractivity contribution is -0.139. The Morgan fingerprint density at radius 1 is 1.00 bits per heavy atom. The molecule has 1 heterocycles. The standard InChI is InChI=1S/C19H28N2O3/c1-3-7-18(22)20-11-13-21(14-12-20)19(23)10-6-15-24-17-9-5-4-8-16(17)2/h4-5,8-9H,3,6-7,10-15H2,1-2H3. The van der Waals surface area contributed by atoms with E-state index in [1.165, 1.54) is 0 Å². The molecule has 1 aromatic carbocycles. The fraction of sp³-hybridized carbons (Fsp3) is 0.579. The van der Waals surface area contributed by atoms with Crippen molar-refractivity contribution in [1.29, 1.82) is 0 Å². The Bertz CT molecular complexity index is 551. The molecule has 0 saturated carbocycles. The minimum atomic E-state index is 0.158. The number of aryl methyl sites for hydroxylation is 1. The van der Waals surface area contributed by atoms with Crippen LogP contribution in [-0.4, -0.2) is 54.4 Å². The number of nitrogens with zero attached hydrogens (tertiary/aromatic N) is 2. The summed E-state index contributed by atoms with van der Waals surface area (Å²) in [6.45, 7) is 7.18. The summed E-state index contributed by atoms with van der Waals surface area (Å²) >= 11 is 0. The number of carbonyl (C=O) groups is 2. The first-order valence-electron chi connectivity index (χ1n) is 8.85. The summed E-state index contributed by atoms with van der Waals surface area (Å²) in [5, 5.41) is 0. The summed E-state index contributed by atoms with van der Waals surface area (Å²) in [5.74, 6) is 1.25. The van der Waals surface area contributed by atoms with Crippen molar-refractivity contribution in [3.63, 3.8) is 0 Å². The van der Waals surface area contributed by atoms with Gasteiger partial charge in [-0.1, -0.05) is 25.1 Å². The number of hydrogen-bond acceptors (Lipinski definition) is 3. The van der Waals surface area contributed by atoms with Crippen molar-refractivity contribution in [1.82, 2.24) is 9.80 Å². The van der Waals surface area contributed by atoms with Crippen LogP contribution >= 0.6 is 0 Å². The quantitative estimate of drug-likeness (QED) is 0.721. The lowest BCUT2D eigenvalue weighted by Crippen LogP contribution is -2.50. The minimum Gasteiger partial charge on any atom is -0.493 e. The van der Waals surface area contributed by atoms with Gasteiger partial charge >= 0.3 is 0 Å². The molecule has 1 saturated heterocycles.